The van der Waals surface area contributed by atoms with Crippen LogP contribution in [0.5, 0.6) is 0 Å². The van der Waals surface area contributed by atoms with Crippen molar-refractivity contribution in [2.75, 3.05) is 11.9 Å². The summed E-state index contributed by atoms with van der Waals surface area (Å²) in [5, 5.41) is 3.58. The lowest BCUT2D eigenvalue weighted by molar-refractivity contribution is -0.149. The van der Waals surface area contributed by atoms with Crippen LogP contribution in [-0.2, 0) is 19.1 Å². The standard InChI is InChI=1S/C20H15F6N3O5/c21-9-3-1-8(2-4-9)19(32)28-10(5-6-11(27)30)20(33)34-7-12(31)29-18-16(25)14(23)13(22)15(24)17(18)26/h1-4,10H,5-7H2,(H2,27,30)(H,28,32)(H,29,31)/t10-/m1/s1. The predicted molar refractivity (Wildman–Crippen MR) is 102 cm³/mol. The number of primary amides is 1. The molecule has 8 nitrogen and oxygen atoms in total. The molecule has 0 fully saturated rings. The van der Waals surface area contributed by atoms with E-state index in [1.165, 1.54) is 5.32 Å². The molecule has 0 saturated heterocycles. The Labute approximate surface area is 187 Å². The maximum absolute atomic E-state index is 13.6. The summed E-state index contributed by atoms with van der Waals surface area (Å²) in [6, 6.07) is 2.59. The maximum Gasteiger partial charge on any atom is 0.329 e. The molecule has 0 unspecified atom stereocenters. The summed E-state index contributed by atoms with van der Waals surface area (Å²) in [5.41, 5.74) is 3.28. The van der Waals surface area contributed by atoms with Gasteiger partial charge in [-0.15, -0.1) is 0 Å². The number of rotatable bonds is 9. The van der Waals surface area contributed by atoms with Crippen molar-refractivity contribution >= 4 is 29.4 Å². The van der Waals surface area contributed by atoms with Crippen molar-refractivity contribution in [3.8, 4) is 0 Å². The smallest absolute Gasteiger partial charge is 0.329 e. The number of amides is 3. The minimum absolute atomic E-state index is 0.0673. The summed E-state index contributed by atoms with van der Waals surface area (Å²) < 4.78 is 84.4. The summed E-state index contributed by atoms with van der Waals surface area (Å²) in [7, 11) is 0. The van der Waals surface area contributed by atoms with Gasteiger partial charge in [0.05, 0.1) is 0 Å². The van der Waals surface area contributed by atoms with Gasteiger partial charge in [0.2, 0.25) is 11.7 Å². The highest BCUT2D eigenvalue weighted by atomic mass is 19.2. The van der Waals surface area contributed by atoms with Gasteiger partial charge in [-0.25, -0.2) is 31.1 Å². The number of ether oxygens (including phenoxy) is 1. The highest BCUT2D eigenvalue weighted by molar-refractivity contribution is 5.97. The van der Waals surface area contributed by atoms with Gasteiger partial charge >= 0.3 is 5.97 Å². The normalized spacial score (nSPS) is 11.5. The van der Waals surface area contributed by atoms with Crippen LogP contribution in [0.3, 0.4) is 0 Å². The van der Waals surface area contributed by atoms with Crippen molar-refractivity contribution in [1.82, 2.24) is 5.32 Å². The van der Waals surface area contributed by atoms with E-state index >= 15 is 0 Å². The van der Waals surface area contributed by atoms with Crippen LogP contribution < -0.4 is 16.4 Å². The third-order valence-electron chi connectivity index (χ3n) is 4.20. The van der Waals surface area contributed by atoms with Gasteiger partial charge in [0.25, 0.3) is 11.8 Å². The number of carbonyl (C=O) groups excluding carboxylic acids is 4. The minimum Gasteiger partial charge on any atom is -0.454 e. The fourth-order valence-corrected chi connectivity index (χ4v) is 2.51. The summed E-state index contributed by atoms with van der Waals surface area (Å²) in [6.07, 6.45) is -0.777. The molecule has 0 aromatic heterocycles. The van der Waals surface area contributed by atoms with Gasteiger partial charge in [-0.2, -0.15) is 0 Å². The molecule has 0 aliphatic heterocycles. The highest BCUT2D eigenvalue weighted by Gasteiger charge is 2.28. The second kappa shape index (κ2) is 11.2. The number of nitrogens with two attached hydrogens (primary N) is 1. The molecule has 0 spiro atoms. The Hall–Kier alpha value is -4.10. The van der Waals surface area contributed by atoms with Gasteiger partial charge in [-0.1, -0.05) is 0 Å². The molecule has 0 bridgehead atoms. The van der Waals surface area contributed by atoms with E-state index in [0.29, 0.717) is 0 Å². The molecule has 0 heterocycles. The van der Waals surface area contributed by atoms with E-state index in [-0.39, 0.29) is 12.0 Å². The summed E-state index contributed by atoms with van der Waals surface area (Å²) in [4.78, 5) is 47.4. The van der Waals surface area contributed by atoms with E-state index in [9.17, 15) is 45.5 Å². The van der Waals surface area contributed by atoms with Gasteiger partial charge in [0.15, 0.2) is 29.9 Å². The first-order valence-corrected chi connectivity index (χ1v) is 9.25. The summed E-state index contributed by atoms with van der Waals surface area (Å²) >= 11 is 0. The van der Waals surface area contributed by atoms with Crippen molar-refractivity contribution in [3.63, 3.8) is 0 Å². The van der Waals surface area contributed by atoms with Gasteiger partial charge in [-0.3, -0.25) is 14.4 Å². The number of esters is 1. The van der Waals surface area contributed by atoms with Gasteiger partial charge in [0.1, 0.15) is 17.5 Å². The summed E-state index contributed by atoms with van der Waals surface area (Å²) in [6.45, 7) is -1.25. The monoisotopic (exact) mass is 491 g/mol. The van der Waals surface area contributed by atoms with E-state index in [1.54, 1.807) is 0 Å². The first-order valence-electron chi connectivity index (χ1n) is 9.25. The number of hydrogen-bond acceptors (Lipinski definition) is 5. The molecule has 2 rings (SSSR count). The van der Waals surface area contributed by atoms with Crippen LogP contribution in [0.15, 0.2) is 24.3 Å². The van der Waals surface area contributed by atoms with Crippen molar-refractivity contribution in [2.45, 2.75) is 18.9 Å². The van der Waals surface area contributed by atoms with Crippen LogP contribution in [0.4, 0.5) is 32.0 Å². The molecular weight excluding hydrogens is 476 g/mol. The van der Waals surface area contributed by atoms with Crippen LogP contribution in [0.2, 0.25) is 0 Å². The Kier molecular flexibility index (Phi) is 8.58. The van der Waals surface area contributed by atoms with E-state index < -0.39 is 83.4 Å². The van der Waals surface area contributed by atoms with Gasteiger partial charge < -0.3 is 21.1 Å². The zero-order valence-corrected chi connectivity index (χ0v) is 16.9. The minimum atomic E-state index is -2.44. The second-order valence-corrected chi connectivity index (χ2v) is 6.64. The molecule has 182 valence electrons. The number of hydrogen-bond donors (Lipinski definition) is 3. The van der Waals surface area contributed by atoms with Crippen LogP contribution in [0.1, 0.15) is 23.2 Å². The molecule has 0 saturated carbocycles. The molecular formula is C20H15F6N3O5. The lowest BCUT2D eigenvalue weighted by Gasteiger charge is -2.17. The van der Waals surface area contributed by atoms with Crippen molar-refractivity contribution in [1.29, 1.82) is 0 Å². The molecule has 1 atom stereocenters. The molecule has 14 heteroatoms. The topological polar surface area (TPSA) is 128 Å². The first kappa shape index (κ1) is 26.2. The SMILES string of the molecule is NC(=O)CC[C@@H](NC(=O)c1ccc(F)cc1)C(=O)OCC(=O)Nc1c(F)c(F)c(F)c(F)c1F. The fourth-order valence-electron chi connectivity index (χ4n) is 2.51. The number of benzene rings is 2. The number of halogens is 6. The highest BCUT2D eigenvalue weighted by Crippen LogP contribution is 2.27. The van der Waals surface area contributed by atoms with E-state index in [2.05, 4.69) is 10.1 Å². The first-order chi connectivity index (χ1) is 15.9. The largest absolute Gasteiger partial charge is 0.454 e. The van der Waals surface area contributed by atoms with Gasteiger partial charge in [-0.05, 0) is 30.7 Å². The fraction of sp³-hybridized carbons (Fsp3) is 0.200. The average Bonchev–Trinajstić information content (AvgIpc) is 2.80. The number of nitrogens with one attached hydrogen (secondary N) is 2. The molecule has 0 radical (unpaired) electrons. The molecule has 3 amide bonds. The predicted octanol–water partition coefficient (Wildman–Crippen LogP) is 2.07. The molecule has 34 heavy (non-hydrogen) atoms. The molecule has 2 aromatic carbocycles. The quantitative estimate of drug-likeness (QED) is 0.214. The van der Waals surface area contributed by atoms with E-state index in [1.807, 2.05) is 0 Å². The van der Waals surface area contributed by atoms with Crippen LogP contribution in [0.25, 0.3) is 0 Å². The zero-order valence-electron chi connectivity index (χ0n) is 16.9. The zero-order chi connectivity index (χ0) is 25.6. The van der Waals surface area contributed by atoms with Crippen LogP contribution >= 0.6 is 0 Å². The van der Waals surface area contributed by atoms with Crippen molar-refractivity contribution in [2.24, 2.45) is 5.73 Å². The Morgan fingerprint density at radius 2 is 1.38 bits per heavy atom. The van der Waals surface area contributed by atoms with Crippen LogP contribution in [-0.4, -0.2) is 36.3 Å². The third kappa shape index (κ3) is 6.46. The molecule has 2 aromatic rings. The van der Waals surface area contributed by atoms with Gasteiger partial charge in [0, 0.05) is 12.0 Å². The summed E-state index contributed by atoms with van der Waals surface area (Å²) in [5.74, 6) is -16.8. The Balaban J connectivity index is 2.07. The molecule has 0 aliphatic rings. The Morgan fingerprint density at radius 3 is 1.91 bits per heavy atom. The lowest BCUT2D eigenvalue weighted by atomic mass is 10.1. The Bertz CT molecular complexity index is 1100. The van der Waals surface area contributed by atoms with Crippen LogP contribution in [0, 0.1) is 34.9 Å². The third-order valence-corrected chi connectivity index (χ3v) is 4.20. The number of anilines is 1. The average molecular weight is 491 g/mol. The molecule has 0 aliphatic carbocycles. The Morgan fingerprint density at radius 1 is 0.853 bits per heavy atom. The maximum atomic E-state index is 13.6. The van der Waals surface area contributed by atoms with E-state index in [0.717, 1.165) is 24.3 Å². The molecule has 4 N–H and O–H groups in total. The lowest BCUT2D eigenvalue weighted by Crippen LogP contribution is -2.43. The van der Waals surface area contributed by atoms with E-state index in [4.69, 9.17) is 5.73 Å². The van der Waals surface area contributed by atoms with Crippen molar-refractivity contribution < 1.29 is 50.3 Å². The second-order valence-electron chi connectivity index (χ2n) is 6.64. The van der Waals surface area contributed by atoms with Crippen molar-refractivity contribution in [3.05, 3.63) is 64.7 Å². The number of carbonyl (C=O) groups is 4.